The second-order valence-electron chi connectivity index (χ2n) is 2.09. The summed E-state index contributed by atoms with van der Waals surface area (Å²) in [7, 11) is 0. The van der Waals surface area contributed by atoms with Crippen LogP contribution in [0.1, 0.15) is 6.42 Å². The molecule has 0 bridgehead atoms. The smallest absolute Gasteiger partial charge is 0.172 e. The van der Waals surface area contributed by atoms with Crippen LogP contribution in [0.3, 0.4) is 0 Å². The molecule has 0 aliphatic heterocycles. The van der Waals surface area contributed by atoms with Crippen molar-refractivity contribution in [3.63, 3.8) is 0 Å². The fraction of sp³-hybridized carbons (Fsp3) is 0.500. The van der Waals surface area contributed by atoms with Crippen molar-refractivity contribution in [3.8, 4) is 0 Å². The molecule has 2 atom stereocenters. The van der Waals surface area contributed by atoms with Gasteiger partial charge >= 0.3 is 0 Å². The van der Waals surface area contributed by atoms with Crippen LogP contribution in [0, 0.1) is 5.92 Å². The summed E-state index contributed by atoms with van der Waals surface area (Å²) in [6, 6.07) is 0. The number of allylic oxidation sites excluding steroid dienone is 1. The Morgan fingerprint density at radius 3 is 2.62 bits per heavy atom. The SMILES string of the molecule is C=C[C@@H]1C[C@@]1(F)C=O. The van der Waals surface area contributed by atoms with E-state index < -0.39 is 5.67 Å². The fourth-order valence-corrected chi connectivity index (χ4v) is 0.693. The highest BCUT2D eigenvalue weighted by atomic mass is 19.1. The van der Waals surface area contributed by atoms with Crippen LogP contribution in [0.2, 0.25) is 0 Å². The summed E-state index contributed by atoms with van der Waals surface area (Å²) in [6.07, 6.45) is 2.17. The number of carbonyl (C=O) groups excluding carboxylic acids is 1. The van der Waals surface area contributed by atoms with Gasteiger partial charge < -0.3 is 0 Å². The van der Waals surface area contributed by atoms with Crippen LogP contribution in [0.5, 0.6) is 0 Å². The van der Waals surface area contributed by atoms with E-state index in [9.17, 15) is 9.18 Å². The van der Waals surface area contributed by atoms with Crippen LogP contribution >= 0.6 is 0 Å². The van der Waals surface area contributed by atoms with Crippen molar-refractivity contribution in [1.29, 1.82) is 0 Å². The van der Waals surface area contributed by atoms with Crippen molar-refractivity contribution in [3.05, 3.63) is 12.7 Å². The molecular weight excluding hydrogens is 107 g/mol. The van der Waals surface area contributed by atoms with E-state index in [1.165, 1.54) is 6.08 Å². The molecular formula is C6H7FO. The average molecular weight is 114 g/mol. The van der Waals surface area contributed by atoms with Gasteiger partial charge in [0.25, 0.3) is 0 Å². The van der Waals surface area contributed by atoms with E-state index in [2.05, 4.69) is 6.58 Å². The van der Waals surface area contributed by atoms with Gasteiger partial charge in [0.2, 0.25) is 0 Å². The van der Waals surface area contributed by atoms with E-state index >= 15 is 0 Å². The van der Waals surface area contributed by atoms with Crippen molar-refractivity contribution in [2.45, 2.75) is 12.1 Å². The molecule has 0 heterocycles. The van der Waals surface area contributed by atoms with Gasteiger partial charge in [-0.1, -0.05) is 6.08 Å². The Labute approximate surface area is 47.2 Å². The Balaban J connectivity index is 2.54. The molecule has 0 unspecified atom stereocenters. The fourth-order valence-electron chi connectivity index (χ4n) is 0.693. The second kappa shape index (κ2) is 1.41. The van der Waals surface area contributed by atoms with Gasteiger partial charge in [-0.3, -0.25) is 4.79 Å². The maximum absolute atomic E-state index is 12.5. The molecule has 0 saturated heterocycles. The molecule has 0 aromatic rings. The van der Waals surface area contributed by atoms with E-state index in [-0.39, 0.29) is 5.92 Å². The summed E-state index contributed by atoms with van der Waals surface area (Å²) in [6.45, 7) is 3.37. The monoisotopic (exact) mass is 114 g/mol. The minimum absolute atomic E-state index is 0.208. The normalized spacial score (nSPS) is 43.4. The minimum atomic E-state index is -1.54. The van der Waals surface area contributed by atoms with Gasteiger partial charge in [-0.2, -0.15) is 0 Å². The molecule has 0 aromatic carbocycles. The second-order valence-corrected chi connectivity index (χ2v) is 2.09. The minimum Gasteiger partial charge on any atom is -0.300 e. The van der Waals surface area contributed by atoms with Crippen molar-refractivity contribution >= 4 is 6.29 Å². The van der Waals surface area contributed by atoms with Crippen LogP contribution in [-0.2, 0) is 4.79 Å². The van der Waals surface area contributed by atoms with E-state index in [4.69, 9.17) is 0 Å². The van der Waals surface area contributed by atoms with Crippen LogP contribution in [0.4, 0.5) is 4.39 Å². The van der Waals surface area contributed by atoms with Crippen molar-refractivity contribution in [2.24, 2.45) is 5.92 Å². The van der Waals surface area contributed by atoms with E-state index in [1.807, 2.05) is 0 Å². The van der Waals surface area contributed by atoms with Gasteiger partial charge in [0.1, 0.15) is 0 Å². The van der Waals surface area contributed by atoms with Crippen molar-refractivity contribution in [2.75, 3.05) is 0 Å². The molecule has 1 saturated carbocycles. The molecule has 1 fully saturated rings. The number of rotatable bonds is 2. The van der Waals surface area contributed by atoms with E-state index in [1.54, 1.807) is 0 Å². The number of aldehydes is 1. The molecule has 0 aromatic heterocycles. The van der Waals surface area contributed by atoms with Gasteiger partial charge in [-0.15, -0.1) is 6.58 Å². The number of hydrogen-bond donors (Lipinski definition) is 0. The van der Waals surface area contributed by atoms with Gasteiger partial charge in [0.15, 0.2) is 12.0 Å². The van der Waals surface area contributed by atoms with Crippen LogP contribution in [-0.4, -0.2) is 12.0 Å². The Bertz CT molecular complexity index is 132. The number of carbonyl (C=O) groups is 1. The first-order valence-corrected chi connectivity index (χ1v) is 2.51. The molecule has 1 nitrogen and oxygen atoms in total. The lowest BCUT2D eigenvalue weighted by molar-refractivity contribution is -0.113. The molecule has 44 valence electrons. The maximum Gasteiger partial charge on any atom is 0.172 e. The van der Waals surface area contributed by atoms with Gasteiger partial charge in [0.05, 0.1) is 0 Å². The predicted molar refractivity (Wildman–Crippen MR) is 28.2 cm³/mol. The Morgan fingerprint density at radius 2 is 2.50 bits per heavy atom. The first-order chi connectivity index (χ1) is 3.73. The highest BCUT2D eigenvalue weighted by molar-refractivity contribution is 5.68. The maximum atomic E-state index is 12.5. The largest absolute Gasteiger partial charge is 0.300 e. The zero-order chi connectivity index (χ0) is 6.20. The molecule has 0 N–H and O–H groups in total. The van der Waals surface area contributed by atoms with Crippen LogP contribution in [0.25, 0.3) is 0 Å². The standard InChI is InChI=1S/C6H7FO/c1-2-5-3-6(5,7)4-8/h2,4-5H,1,3H2/t5-,6-/m1/s1. The lowest BCUT2D eigenvalue weighted by Crippen LogP contribution is -2.03. The molecule has 0 amide bonds. The summed E-state index contributed by atoms with van der Waals surface area (Å²) in [5, 5.41) is 0. The van der Waals surface area contributed by atoms with E-state index in [0.29, 0.717) is 12.7 Å². The van der Waals surface area contributed by atoms with E-state index in [0.717, 1.165) is 0 Å². The number of halogens is 1. The topological polar surface area (TPSA) is 17.1 Å². The molecule has 8 heavy (non-hydrogen) atoms. The van der Waals surface area contributed by atoms with Crippen LogP contribution in [0.15, 0.2) is 12.7 Å². The number of alkyl halides is 1. The lowest BCUT2D eigenvalue weighted by atomic mass is 10.3. The molecule has 0 spiro atoms. The predicted octanol–water partition coefficient (Wildman–Crippen LogP) is 1.10. The summed E-state index contributed by atoms with van der Waals surface area (Å²) >= 11 is 0. The zero-order valence-corrected chi connectivity index (χ0v) is 4.43. The summed E-state index contributed by atoms with van der Waals surface area (Å²) in [4.78, 5) is 9.84. The zero-order valence-electron chi connectivity index (χ0n) is 4.43. The van der Waals surface area contributed by atoms with Crippen LogP contribution < -0.4 is 0 Å². The molecule has 0 radical (unpaired) electrons. The first kappa shape index (κ1) is 5.48. The highest BCUT2D eigenvalue weighted by Gasteiger charge is 2.53. The molecule has 1 aliphatic rings. The van der Waals surface area contributed by atoms with Crippen molar-refractivity contribution in [1.82, 2.24) is 0 Å². The third-order valence-electron chi connectivity index (χ3n) is 1.47. The first-order valence-electron chi connectivity index (χ1n) is 2.51. The van der Waals surface area contributed by atoms with Gasteiger partial charge in [-0.05, 0) is 6.42 Å². The third kappa shape index (κ3) is 0.565. The lowest BCUT2D eigenvalue weighted by Gasteiger charge is -1.87. The van der Waals surface area contributed by atoms with Gasteiger partial charge in [-0.25, -0.2) is 4.39 Å². The molecule has 1 rings (SSSR count). The third-order valence-corrected chi connectivity index (χ3v) is 1.47. The average Bonchev–Trinajstić information content (AvgIpc) is 2.44. The molecule has 2 heteroatoms. The highest BCUT2D eigenvalue weighted by Crippen LogP contribution is 2.45. The Hall–Kier alpha value is -0.660. The summed E-state index contributed by atoms with van der Waals surface area (Å²) in [5.41, 5.74) is -1.54. The summed E-state index contributed by atoms with van der Waals surface area (Å²) in [5.74, 6) is -0.208. The quantitative estimate of drug-likeness (QED) is 0.388. The summed E-state index contributed by atoms with van der Waals surface area (Å²) < 4.78 is 12.5. The van der Waals surface area contributed by atoms with Crippen molar-refractivity contribution < 1.29 is 9.18 Å². The Kier molecular flexibility index (Phi) is 0.962. The van der Waals surface area contributed by atoms with Gasteiger partial charge in [0, 0.05) is 5.92 Å². The molecule has 1 aliphatic carbocycles. The Morgan fingerprint density at radius 1 is 1.88 bits per heavy atom. The number of hydrogen-bond acceptors (Lipinski definition) is 1.